The topological polar surface area (TPSA) is 61.2 Å². The van der Waals surface area contributed by atoms with E-state index in [1.165, 1.54) is 17.3 Å². The van der Waals surface area contributed by atoms with Gasteiger partial charge in [0.05, 0.1) is 5.70 Å². The smallest absolute Gasteiger partial charge is 0.231 e. The molecule has 0 saturated heterocycles. The highest BCUT2D eigenvalue weighted by Crippen LogP contribution is 2.37. The summed E-state index contributed by atoms with van der Waals surface area (Å²) in [5, 5.41) is 11.4. The minimum absolute atomic E-state index is 0.271. The van der Waals surface area contributed by atoms with Crippen LogP contribution in [0.5, 0.6) is 11.5 Å². The van der Waals surface area contributed by atoms with Gasteiger partial charge in [-0.1, -0.05) is 41.6 Å². The molecule has 1 N–H and O–H groups in total. The fourth-order valence-electron chi connectivity index (χ4n) is 2.79. The largest absolute Gasteiger partial charge is 0.454 e. The third-order valence-corrected chi connectivity index (χ3v) is 4.97. The van der Waals surface area contributed by atoms with Crippen LogP contribution < -0.4 is 14.9 Å². The molecular formula is C18H14N4O2S. The lowest BCUT2D eigenvalue weighted by Gasteiger charge is -2.19. The van der Waals surface area contributed by atoms with E-state index >= 15 is 0 Å². The van der Waals surface area contributed by atoms with E-state index in [1.54, 1.807) is 0 Å². The van der Waals surface area contributed by atoms with Gasteiger partial charge in [-0.25, -0.2) is 4.68 Å². The number of thioether (sulfide) groups is 1. The first-order valence-corrected chi connectivity index (χ1v) is 8.72. The van der Waals surface area contributed by atoms with Gasteiger partial charge in [-0.3, -0.25) is 5.43 Å². The molecule has 0 saturated carbocycles. The molecule has 124 valence electrons. The normalized spacial score (nSPS) is 14.7. The molecule has 2 aromatic carbocycles. The highest BCUT2D eigenvalue weighted by atomic mass is 32.2. The van der Waals surface area contributed by atoms with Crippen molar-refractivity contribution in [2.24, 2.45) is 0 Å². The summed E-state index contributed by atoms with van der Waals surface area (Å²) in [4.78, 5) is 0. The van der Waals surface area contributed by atoms with E-state index in [-0.39, 0.29) is 6.79 Å². The summed E-state index contributed by atoms with van der Waals surface area (Å²) in [6, 6.07) is 14.2. The average molecular weight is 350 g/mol. The average Bonchev–Trinajstić information content (AvgIpc) is 3.28. The molecule has 0 unspecified atom stereocenters. The minimum Gasteiger partial charge on any atom is -0.454 e. The molecule has 0 radical (unpaired) electrons. The summed E-state index contributed by atoms with van der Waals surface area (Å²) in [6.45, 7) is 2.34. The number of benzene rings is 2. The number of rotatable bonds is 2. The molecule has 0 bridgehead atoms. The molecule has 0 amide bonds. The first kappa shape index (κ1) is 14.4. The van der Waals surface area contributed by atoms with Crippen LogP contribution in [0.4, 0.5) is 0 Å². The Bertz CT molecular complexity index is 995. The Kier molecular flexibility index (Phi) is 3.21. The van der Waals surface area contributed by atoms with Gasteiger partial charge >= 0.3 is 0 Å². The van der Waals surface area contributed by atoms with Crippen molar-refractivity contribution >= 4 is 17.5 Å². The van der Waals surface area contributed by atoms with Crippen LogP contribution in [0, 0.1) is 6.92 Å². The van der Waals surface area contributed by atoms with E-state index < -0.39 is 0 Å². The minimum atomic E-state index is 0.271. The van der Waals surface area contributed by atoms with Crippen molar-refractivity contribution in [3.8, 4) is 22.9 Å². The number of aromatic nitrogens is 3. The number of aryl methyl sites for hydroxylation is 1. The Morgan fingerprint density at radius 3 is 2.68 bits per heavy atom. The van der Waals surface area contributed by atoms with Crippen molar-refractivity contribution in [2.75, 3.05) is 12.2 Å². The summed E-state index contributed by atoms with van der Waals surface area (Å²) >= 11 is 1.54. The number of fused-ring (bicyclic) bond motifs is 2. The number of hydrogen-bond donors (Lipinski definition) is 1. The summed E-state index contributed by atoms with van der Waals surface area (Å²) in [6.07, 6.45) is 0. The maximum atomic E-state index is 5.47. The molecule has 7 heteroatoms. The fourth-order valence-corrected chi connectivity index (χ4v) is 3.53. The van der Waals surface area contributed by atoms with Gasteiger partial charge in [-0.15, -0.1) is 10.2 Å². The molecule has 2 aliphatic heterocycles. The lowest BCUT2D eigenvalue weighted by atomic mass is 10.1. The second kappa shape index (κ2) is 5.56. The lowest BCUT2D eigenvalue weighted by Crippen LogP contribution is -2.18. The van der Waals surface area contributed by atoms with E-state index in [0.717, 1.165) is 39.3 Å². The highest BCUT2D eigenvalue weighted by molar-refractivity contribution is 8.02. The summed E-state index contributed by atoms with van der Waals surface area (Å²) in [7, 11) is 0. The van der Waals surface area contributed by atoms with Crippen molar-refractivity contribution in [1.29, 1.82) is 0 Å². The van der Waals surface area contributed by atoms with Crippen molar-refractivity contribution in [3.63, 3.8) is 0 Å². The zero-order chi connectivity index (χ0) is 16.8. The number of nitrogens with one attached hydrogen (secondary N) is 1. The Balaban J connectivity index is 1.50. The summed E-state index contributed by atoms with van der Waals surface area (Å²) < 4.78 is 12.8. The second-order valence-corrected chi connectivity index (χ2v) is 6.67. The second-order valence-electron chi connectivity index (χ2n) is 5.84. The van der Waals surface area contributed by atoms with Crippen LogP contribution in [-0.2, 0) is 0 Å². The molecule has 3 heterocycles. The van der Waals surface area contributed by atoms with Crippen molar-refractivity contribution in [1.82, 2.24) is 14.9 Å². The Morgan fingerprint density at radius 1 is 1.00 bits per heavy atom. The van der Waals surface area contributed by atoms with E-state index in [4.69, 9.17) is 9.47 Å². The fraction of sp³-hybridized carbons (Fsp3) is 0.111. The summed E-state index contributed by atoms with van der Waals surface area (Å²) in [5.74, 6) is 2.32. The van der Waals surface area contributed by atoms with Crippen LogP contribution in [0.25, 0.3) is 17.1 Å². The van der Waals surface area contributed by atoms with E-state index in [1.807, 2.05) is 28.3 Å². The first-order chi connectivity index (χ1) is 12.3. The van der Waals surface area contributed by atoms with Crippen molar-refractivity contribution in [2.45, 2.75) is 12.1 Å². The molecule has 1 aromatic heterocycles. The highest BCUT2D eigenvalue weighted by Gasteiger charge is 2.21. The quantitative estimate of drug-likeness (QED) is 0.761. The van der Waals surface area contributed by atoms with Gasteiger partial charge in [-0.05, 0) is 25.1 Å². The first-order valence-electron chi connectivity index (χ1n) is 7.84. The van der Waals surface area contributed by atoms with E-state index in [9.17, 15) is 0 Å². The predicted molar refractivity (Wildman–Crippen MR) is 96.0 cm³/mol. The van der Waals surface area contributed by atoms with Crippen LogP contribution in [0.2, 0.25) is 0 Å². The van der Waals surface area contributed by atoms with Gasteiger partial charge in [-0.2, -0.15) is 0 Å². The standard InChI is InChI=1S/C18H14N4O2S/c1-11-2-4-12(5-3-11)17-19-20-18-22(17)21-14(9-25-18)13-6-7-15-16(8-13)24-10-23-15/h2-9,21H,10H2,1H3. The van der Waals surface area contributed by atoms with Crippen LogP contribution in [0.15, 0.2) is 53.0 Å². The third kappa shape index (κ3) is 2.44. The Hall–Kier alpha value is -2.93. The molecular weight excluding hydrogens is 336 g/mol. The van der Waals surface area contributed by atoms with Crippen molar-refractivity contribution in [3.05, 3.63) is 59.0 Å². The number of ether oxygens (including phenoxy) is 2. The molecule has 2 aliphatic rings. The zero-order valence-corrected chi connectivity index (χ0v) is 14.2. The van der Waals surface area contributed by atoms with Crippen LogP contribution >= 0.6 is 11.8 Å². The van der Waals surface area contributed by atoms with Gasteiger partial charge in [0.25, 0.3) is 0 Å². The molecule has 0 aliphatic carbocycles. The zero-order valence-electron chi connectivity index (χ0n) is 13.4. The maximum Gasteiger partial charge on any atom is 0.231 e. The molecule has 0 spiro atoms. The van der Waals surface area contributed by atoms with E-state index in [0.29, 0.717) is 0 Å². The predicted octanol–water partition coefficient (Wildman–Crippen LogP) is 3.63. The maximum absolute atomic E-state index is 5.47. The molecule has 0 atom stereocenters. The van der Waals surface area contributed by atoms with Crippen molar-refractivity contribution < 1.29 is 9.47 Å². The van der Waals surface area contributed by atoms with Crippen LogP contribution in [0.1, 0.15) is 11.1 Å². The molecule has 25 heavy (non-hydrogen) atoms. The van der Waals surface area contributed by atoms with Crippen LogP contribution in [-0.4, -0.2) is 21.7 Å². The van der Waals surface area contributed by atoms with Gasteiger partial charge in [0.2, 0.25) is 11.9 Å². The SMILES string of the molecule is Cc1ccc(-c2nnc3n2NC(c2ccc4c(c2)OCO4)=CS3)cc1. The van der Waals surface area contributed by atoms with Crippen LogP contribution in [0.3, 0.4) is 0 Å². The number of nitrogens with zero attached hydrogens (tertiary/aromatic N) is 3. The van der Waals surface area contributed by atoms with Gasteiger partial charge in [0.15, 0.2) is 17.3 Å². The number of hydrogen-bond acceptors (Lipinski definition) is 6. The van der Waals surface area contributed by atoms with E-state index in [2.05, 4.69) is 46.8 Å². The molecule has 5 rings (SSSR count). The lowest BCUT2D eigenvalue weighted by molar-refractivity contribution is 0.174. The Morgan fingerprint density at radius 2 is 1.80 bits per heavy atom. The monoisotopic (exact) mass is 350 g/mol. The van der Waals surface area contributed by atoms with Gasteiger partial charge in [0, 0.05) is 16.5 Å². The molecule has 0 fully saturated rings. The summed E-state index contributed by atoms with van der Waals surface area (Å²) in [5.41, 5.74) is 7.61. The Labute approximate surface area is 148 Å². The van der Waals surface area contributed by atoms with Gasteiger partial charge in [0.1, 0.15) is 0 Å². The molecule has 3 aromatic rings. The third-order valence-electron chi connectivity index (χ3n) is 4.14. The van der Waals surface area contributed by atoms with Gasteiger partial charge < -0.3 is 9.47 Å². The molecule has 6 nitrogen and oxygen atoms in total.